The van der Waals surface area contributed by atoms with Crippen LogP contribution < -0.4 is 10.6 Å². The number of H-pyrrole nitrogens is 1. The minimum Gasteiger partial charge on any atom is -0.396 e. The average molecular weight is 339 g/mol. The lowest BCUT2D eigenvalue weighted by molar-refractivity contribution is 0.227. The van der Waals surface area contributed by atoms with Gasteiger partial charge in [0.25, 0.3) is 0 Å². The zero-order chi connectivity index (χ0) is 17.4. The summed E-state index contributed by atoms with van der Waals surface area (Å²) in [5, 5.41) is 16.6. The number of hydrogen-bond donors (Lipinski definition) is 4. The molecule has 2 aliphatic rings. The molecule has 4 N–H and O–H groups in total. The molecular formula is C20H25N3O2. The van der Waals surface area contributed by atoms with Gasteiger partial charge in [0.05, 0.1) is 0 Å². The van der Waals surface area contributed by atoms with Gasteiger partial charge < -0.3 is 20.7 Å². The lowest BCUT2D eigenvalue weighted by Gasteiger charge is -2.24. The number of carbonyl (C=O) groups excluding carboxylic acids is 1. The van der Waals surface area contributed by atoms with E-state index < -0.39 is 0 Å². The van der Waals surface area contributed by atoms with Crippen LogP contribution in [0.3, 0.4) is 0 Å². The highest BCUT2D eigenvalue weighted by Crippen LogP contribution is 2.30. The highest BCUT2D eigenvalue weighted by atomic mass is 16.3. The van der Waals surface area contributed by atoms with Gasteiger partial charge in [-0.2, -0.15) is 0 Å². The number of nitrogens with one attached hydrogen (secondary N) is 3. The lowest BCUT2D eigenvalue weighted by atomic mass is 9.91. The number of rotatable bonds is 3. The largest absolute Gasteiger partial charge is 0.396 e. The van der Waals surface area contributed by atoms with Gasteiger partial charge in [-0.15, -0.1) is 0 Å². The number of aliphatic hydroxyl groups excluding tert-OH is 1. The molecule has 0 bridgehead atoms. The van der Waals surface area contributed by atoms with Gasteiger partial charge in [0.15, 0.2) is 0 Å². The van der Waals surface area contributed by atoms with E-state index in [1.54, 1.807) is 0 Å². The number of aryl methyl sites for hydroxylation is 2. The van der Waals surface area contributed by atoms with E-state index in [9.17, 15) is 9.90 Å². The summed E-state index contributed by atoms with van der Waals surface area (Å²) in [6.07, 6.45) is 7.51. The molecule has 1 aromatic carbocycles. The van der Waals surface area contributed by atoms with Gasteiger partial charge in [-0.25, -0.2) is 4.79 Å². The van der Waals surface area contributed by atoms with Gasteiger partial charge >= 0.3 is 6.03 Å². The Bertz CT molecular complexity index is 824. The number of hydrogen-bond acceptors (Lipinski definition) is 2. The van der Waals surface area contributed by atoms with Crippen molar-refractivity contribution in [1.82, 2.24) is 15.6 Å². The molecule has 3 atom stereocenters. The number of aliphatic hydroxyl groups is 1. The number of amides is 2. The molecule has 0 fully saturated rings. The van der Waals surface area contributed by atoms with Crippen LogP contribution in [0.4, 0.5) is 4.79 Å². The molecule has 25 heavy (non-hydrogen) atoms. The molecule has 0 spiro atoms. The Morgan fingerprint density at radius 1 is 1.32 bits per heavy atom. The van der Waals surface area contributed by atoms with Crippen molar-refractivity contribution >= 4 is 16.9 Å². The lowest BCUT2D eigenvalue weighted by Crippen LogP contribution is -2.47. The van der Waals surface area contributed by atoms with E-state index in [1.165, 1.54) is 27.7 Å². The van der Waals surface area contributed by atoms with E-state index in [4.69, 9.17) is 0 Å². The first-order valence-electron chi connectivity index (χ1n) is 9.08. The molecule has 4 rings (SSSR count). The predicted molar refractivity (Wildman–Crippen MR) is 98.6 cm³/mol. The van der Waals surface area contributed by atoms with Crippen molar-refractivity contribution in [2.45, 2.75) is 44.7 Å². The molecule has 0 aliphatic heterocycles. The summed E-state index contributed by atoms with van der Waals surface area (Å²) in [6.45, 7) is 2.25. The second-order valence-corrected chi connectivity index (χ2v) is 7.36. The van der Waals surface area contributed by atoms with Crippen LogP contribution in [0.25, 0.3) is 10.9 Å². The number of urea groups is 1. The van der Waals surface area contributed by atoms with E-state index in [2.05, 4.69) is 40.7 Å². The molecule has 0 saturated heterocycles. The van der Waals surface area contributed by atoms with Crippen LogP contribution in [-0.4, -0.2) is 34.8 Å². The number of benzene rings is 1. The Balaban J connectivity index is 1.40. The zero-order valence-corrected chi connectivity index (χ0v) is 14.5. The molecule has 1 heterocycles. The number of fused-ring (bicyclic) bond motifs is 3. The van der Waals surface area contributed by atoms with Crippen molar-refractivity contribution in [2.75, 3.05) is 6.61 Å². The molecule has 2 aromatic rings. The van der Waals surface area contributed by atoms with Crippen LogP contribution in [0.15, 0.2) is 30.4 Å². The maximum absolute atomic E-state index is 12.3. The topological polar surface area (TPSA) is 77.2 Å². The van der Waals surface area contributed by atoms with Crippen molar-refractivity contribution in [3.8, 4) is 0 Å². The van der Waals surface area contributed by atoms with Gasteiger partial charge in [-0.05, 0) is 50.3 Å². The summed E-state index contributed by atoms with van der Waals surface area (Å²) in [4.78, 5) is 15.8. The minimum atomic E-state index is -0.113. The number of carbonyl (C=O) groups is 1. The fourth-order valence-electron chi connectivity index (χ4n) is 4.07. The van der Waals surface area contributed by atoms with Crippen molar-refractivity contribution in [1.29, 1.82) is 0 Å². The van der Waals surface area contributed by atoms with Crippen molar-refractivity contribution < 1.29 is 9.90 Å². The average Bonchev–Trinajstić information content (AvgIpc) is 3.18. The first-order valence-corrected chi connectivity index (χ1v) is 9.08. The summed E-state index contributed by atoms with van der Waals surface area (Å²) in [5.74, 6) is 0.164. The van der Waals surface area contributed by atoms with Crippen LogP contribution in [0.5, 0.6) is 0 Å². The Hall–Kier alpha value is -2.27. The van der Waals surface area contributed by atoms with Crippen LogP contribution in [-0.2, 0) is 12.8 Å². The highest BCUT2D eigenvalue weighted by Gasteiger charge is 2.25. The molecular weight excluding hydrogens is 314 g/mol. The van der Waals surface area contributed by atoms with E-state index in [1.807, 2.05) is 12.2 Å². The molecule has 5 heteroatoms. The molecule has 1 aromatic heterocycles. The molecule has 132 valence electrons. The zero-order valence-electron chi connectivity index (χ0n) is 14.5. The fraction of sp³-hybridized carbons (Fsp3) is 0.450. The quantitative estimate of drug-likeness (QED) is 0.649. The van der Waals surface area contributed by atoms with Crippen molar-refractivity contribution in [2.24, 2.45) is 5.92 Å². The smallest absolute Gasteiger partial charge is 0.315 e. The van der Waals surface area contributed by atoms with Gasteiger partial charge in [0.2, 0.25) is 0 Å². The third-order valence-corrected chi connectivity index (χ3v) is 5.40. The molecule has 2 aliphatic carbocycles. The van der Waals surface area contributed by atoms with Gasteiger partial charge in [-0.3, -0.25) is 0 Å². The monoisotopic (exact) mass is 339 g/mol. The second-order valence-electron chi connectivity index (χ2n) is 7.36. The SMILES string of the molecule is Cc1ccc2[nH]c3c(c2c1)CC(NC(=O)N[C@@H]1C=C[C@H](CO)C1)CC3. The Morgan fingerprint density at radius 2 is 2.20 bits per heavy atom. The molecule has 2 amide bonds. The minimum absolute atomic E-state index is 0.0204. The van der Waals surface area contributed by atoms with Gasteiger partial charge in [-0.1, -0.05) is 23.8 Å². The summed E-state index contributed by atoms with van der Waals surface area (Å²) in [6, 6.07) is 6.56. The van der Waals surface area contributed by atoms with E-state index in [0.717, 1.165) is 25.7 Å². The first-order chi connectivity index (χ1) is 12.1. The first kappa shape index (κ1) is 16.2. The maximum Gasteiger partial charge on any atom is 0.315 e. The van der Waals surface area contributed by atoms with Gasteiger partial charge in [0.1, 0.15) is 0 Å². The van der Waals surface area contributed by atoms with Crippen LogP contribution in [0.1, 0.15) is 29.7 Å². The van der Waals surface area contributed by atoms with Gasteiger partial charge in [0, 0.05) is 41.2 Å². The van der Waals surface area contributed by atoms with Crippen LogP contribution >= 0.6 is 0 Å². The van der Waals surface area contributed by atoms with E-state index in [-0.39, 0.29) is 30.6 Å². The van der Waals surface area contributed by atoms with E-state index in [0.29, 0.717) is 0 Å². The number of aromatic amines is 1. The third-order valence-electron chi connectivity index (χ3n) is 5.40. The molecule has 0 radical (unpaired) electrons. The van der Waals surface area contributed by atoms with E-state index >= 15 is 0 Å². The highest BCUT2D eigenvalue weighted by molar-refractivity contribution is 5.86. The maximum atomic E-state index is 12.3. The Labute approximate surface area is 147 Å². The molecule has 1 unspecified atom stereocenters. The molecule has 5 nitrogen and oxygen atoms in total. The summed E-state index contributed by atoms with van der Waals surface area (Å²) >= 11 is 0. The predicted octanol–water partition coefficient (Wildman–Crippen LogP) is 2.57. The normalized spacial score (nSPS) is 25.1. The fourth-order valence-corrected chi connectivity index (χ4v) is 4.07. The third kappa shape index (κ3) is 3.29. The van der Waals surface area contributed by atoms with Crippen molar-refractivity contribution in [3.05, 3.63) is 47.2 Å². The standard InChI is InChI=1S/C20H25N3O2/c1-12-2-6-18-16(8-12)17-10-15(5-7-19(17)23-18)22-20(25)21-14-4-3-13(9-14)11-24/h2-4,6,8,13-15,23-24H,5,7,9-11H2,1H3,(H2,21,22,25)/t13-,14+,15?/m0/s1. The Morgan fingerprint density at radius 3 is 3.00 bits per heavy atom. The van der Waals surface area contributed by atoms with Crippen molar-refractivity contribution in [3.63, 3.8) is 0 Å². The summed E-state index contributed by atoms with van der Waals surface area (Å²) < 4.78 is 0. The summed E-state index contributed by atoms with van der Waals surface area (Å²) in [5.41, 5.74) is 5.10. The van der Waals surface area contributed by atoms with Crippen LogP contribution in [0, 0.1) is 12.8 Å². The van der Waals surface area contributed by atoms with Crippen LogP contribution in [0.2, 0.25) is 0 Å². The second kappa shape index (κ2) is 6.56. The molecule has 0 saturated carbocycles. The summed E-state index contributed by atoms with van der Waals surface area (Å²) in [7, 11) is 0. The number of aromatic nitrogens is 1. The Kier molecular flexibility index (Phi) is 4.25.